The van der Waals surface area contributed by atoms with E-state index in [1.165, 1.54) is 7.11 Å². The van der Waals surface area contributed by atoms with Crippen LogP contribution in [-0.4, -0.2) is 92.1 Å². The number of hydrogen-bond donors (Lipinski definition) is 2. The number of likely N-dealkylation sites (N-methyl/N-ethyl adjacent to an activating group) is 2. The Morgan fingerprint density at radius 3 is 2.38 bits per heavy atom. The zero-order valence-corrected chi connectivity index (χ0v) is 26.1. The molecule has 3 N–H and O–H groups in total. The van der Waals surface area contributed by atoms with Crippen molar-refractivity contribution in [1.29, 1.82) is 0 Å². The van der Waals surface area contributed by atoms with Crippen LogP contribution in [0.5, 0.6) is 11.5 Å². The number of hydrogen-bond acceptors (Lipinski definition) is 10. The molecule has 0 aliphatic carbocycles. The molecule has 3 aromatic carbocycles. The molecular formula is C34H39N7O4. The van der Waals surface area contributed by atoms with E-state index < -0.39 is 12.0 Å². The summed E-state index contributed by atoms with van der Waals surface area (Å²) in [6.45, 7) is 7.89. The van der Waals surface area contributed by atoms with Gasteiger partial charge in [-0.2, -0.15) is 4.98 Å². The summed E-state index contributed by atoms with van der Waals surface area (Å²) < 4.78 is 10.8. The molecule has 1 aromatic heterocycles. The summed E-state index contributed by atoms with van der Waals surface area (Å²) in [5.74, 6) is 1.73. The number of carbonyl (C=O) groups is 2. The standard InChI is InChI=1S/C34H39N7O4/c1-22(25-11-14-28-29(21-25)37-34(35)38-31(28)41-17-15-40(4)16-18-41)36-30(32(42)39(2)3)20-23-7-6-8-27(19-23)45-26-12-9-24(10-13-26)33(43)44-5/h6-14,19,21,30,36H,1,15-18,20H2,2-5H3,(H2,35,37,38). The van der Waals surface area contributed by atoms with Crippen molar-refractivity contribution in [3.8, 4) is 11.5 Å². The van der Waals surface area contributed by atoms with Crippen molar-refractivity contribution in [2.24, 2.45) is 0 Å². The van der Waals surface area contributed by atoms with Crippen molar-refractivity contribution in [3.63, 3.8) is 0 Å². The van der Waals surface area contributed by atoms with E-state index in [4.69, 9.17) is 15.2 Å². The van der Waals surface area contributed by atoms with Crippen LogP contribution in [0.15, 0.2) is 73.3 Å². The molecule has 1 aliphatic heterocycles. The topological polar surface area (TPSA) is 126 Å². The lowest BCUT2D eigenvalue weighted by Gasteiger charge is -2.33. The minimum atomic E-state index is -0.589. The summed E-state index contributed by atoms with van der Waals surface area (Å²) >= 11 is 0. The summed E-state index contributed by atoms with van der Waals surface area (Å²) in [5.41, 5.74) is 9.58. The van der Waals surface area contributed by atoms with Crippen molar-refractivity contribution in [2.75, 3.05) is 65.1 Å². The highest BCUT2D eigenvalue weighted by molar-refractivity contribution is 5.93. The van der Waals surface area contributed by atoms with Gasteiger partial charge in [-0.3, -0.25) is 4.79 Å². The summed E-state index contributed by atoms with van der Waals surface area (Å²) in [7, 11) is 6.91. The number of esters is 1. The number of carbonyl (C=O) groups excluding carboxylic acids is 2. The van der Waals surface area contributed by atoms with Gasteiger partial charge in [-0.25, -0.2) is 9.78 Å². The Balaban J connectivity index is 1.33. The van der Waals surface area contributed by atoms with E-state index in [9.17, 15) is 9.59 Å². The lowest BCUT2D eigenvalue weighted by molar-refractivity contribution is -0.130. The fourth-order valence-corrected chi connectivity index (χ4v) is 5.27. The molecule has 1 fully saturated rings. The van der Waals surface area contributed by atoms with E-state index in [2.05, 4.69) is 38.7 Å². The molecule has 5 rings (SSSR count). The zero-order valence-electron chi connectivity index (χ0n) is 26.1. The molecule has 0 bridgehead atoms. The molecule has 0 spiro atoms. The third-order valence-corrected chi connectivity index (χ3v) is 7.78. The minimum Gasteiger partial charge on any atom is -0.465 e. The van der Waals surface area contributed by atoms with E-state index in [0.717, 1.165) is 54.0 Å². The van der Waals surface area contributed by atoms with Gasteiger partial charge < -0.3 is 35.2 Å². The van der Waals surface area contributed by atoms with Gasteiger partial charge in [0.2, 0.25) is 11.9 Å². The highest BCUT2D eigenvalue weighted by Gasteiger charge is 2.23. The van der Waals surface area contributed by atoms with Crippen LogP contribution in [0.4, 0.5) is 11.8 Å². The van der Waals surface area contributed by atoms with Gasteiger partial charge >= 0.3 is 5.97 Å². The Morgan fingerprint density at radius 1 is 0.978 bits per heavy atom. The number of nitrogens with two attached hydrogens (primary N) is 1. The van der Waals surface area contributed by atoms with E-state index in [1.807, 2.05) is 42.5 Å². The Hall–Kier alpha value is -5.16. The first-order chi connectivity index (χ1) is 21.6. The SMILES string of the molecule is C=C(NC(Cc1cccc(Oc2ccc(C(=O)OC)cc2)c1)C(=O)N(C)C)c1ccc2c(N3CCN(C)CC3)nc(N)nc2c1. The lowest BCUT2D eigenvalue weighted by atomic mass is 10.0. The average Bonchev–Trinajstić information content (AvgIpc) is 3.03. The first-order valence-corrected chi connectivity index (χ1v) is 14.7. The number of amides is 1. The molecule has 45 heavy (non-hydrogen) atoms. The van der Waals surface area contributed by atoms with Crippen LogP contribution in [0.3, 0.4) is 0 Å². The van der Waals surface area contributed by atoms with Gasteiger partial charge in [0.25, 0.3) is 0 Å². The third-order valence-electron chi connectivity index (χ3n) is 7.78. The smallest absolute Gasteiger partial charge is 0.337 e. The van der Waals surface area contributed by atoms with Gasteiger partial charge in [-0.05, 0) is 66.7 Å². The first-order valence-electron chi connectivity index (χ1n) is 14.7. The van der Waals surface area contributed by atoms with Gasteiger partial charge in [-0.1, -0.05) is 24.8 Å². The molecule has 0 saturated carbocycles. The zero-order chi connectivity index (χ0) is 32.1. The van der Waals surface area contributed by atoms with Crippen LogP contribution in [0, 0.1) is 0 Å². The van der Waals surface area contributed by atoms with Gasteiger partial charge in [0.1, 0.15) is 23.4 Å². The molecule has 1 saturated heterocycles. The summed E-state index contributed by atoms with van der Waals surface area (Å²) in [6, 6.07) is 19.6. The molecule has 4 aromatic rings. The number of nitrogen functional groups attached to an aromatic ring is 1. The normalized spacial score (nSPS) is 14.1. The number of benzene rings is 3. The predicted octanol–water partition coefficient (Wildman–Crippen LogP) is 3.80. The molecule has 1 aliphatic rings. The molecule has 1 amide bonds. The van der Waals surface area contributed by atoms with Gasteiger partial charge in [0.05, 0.1) is 18.2 Å². The number of ether oxygens (including phenoxy) is 2. The summed E-state index contributed by atoms with van der Waals surface area (Å²) in [5, 5.41) is 4.28. The molecule has 0 radical (unpaired) electrons. The van der Waals surface area contributed by atoms with Crippen LogP contribution in [0.2, 0.25) is 0 Å². The maximum absolute atomic E-state index is 13.3. The molecule has 1 unspecified atom stereocenters. The molecule has 11 nitrogen and oxygen atoms in total. The molecular weight excluding hydrogens is 570 g/mol. The van der Waals surface area contributed by atoms with E-state index in [-0.39, 0.29) is 11.9 Å². The van der Waals surface area contributed by atoms with Crippen LogP contribution in [-0.2, 0) is 16.0 Å². The number of aromatic nitrogens is 2. The minimum absolute atomic E-state index is 0.0921. The van der Waals surface area contributed by atoms with Crippen molar-refractivity contribution in [1.82, 2.24) is 25.1 Å². The van der Waals surface area contributed by atoms with Gasteiger partial charge in [0.15, 0.2) is 0 Å². The Kier molecular flexibility index (Phi) is 9.48. The first kappa shape index (κ1) is 31.3. The van der Waals surface area contributed by atoms with Crippen molar-refractivity contribution < 1.29 is 19.1 Å². The Morgan fingerprint density at radius 2 is 1.69 bits per heavy atom. The van der Waals surface area contributed by atoms with Crippen LogP contribution in [0.25, 0.3) is 16.6 Å². The summed E-state index contributed by atoms with van der Waals surface area (Å²) in [4.78, 5) is 40.2. The van der Waals surface area contributed by atoms with Crippen LogP contribution < -0.4 is 20.7 Å². The monoisotopic (exact) mass is 609 g/mol. The number of anilines is 2. The number of nitrogens with zero attached hydrogens (tertiary/aromatic N) is 5. The van der Waals surface area contributed by atoms with Crippen molar-refractivity contribution in [3.05, 3.63) is 90.0 Å². The average molecular weight is 610 g/mol. The summed E-state index contributed by atoms with van der Waals surface area (Å²) in [6.07, 6.45) is 0.394. The van der Waals surface area contributed by atoms with Crippen molar-refractivity contribution >= 4 is 40.2 Å². The Labute approximate surface area is 263 Å². The maximum atomic E-state index is 13.3. The fraction of sp³-hybridized carbons (Fsp3) is 0.294. The second-order valence-corrected chi connectivity index (χ2v) is 11.3. The highest BCUT2D eigenvalue weighted by Crippen LogP contribution is 2.28. The van der Waals surface area contributed by atoms with Crippen LogP contribution >= 0.6 is 0 Å². The number of piperazine rings is 1. The van der Waals surface area contributed by atoms with E-state index >= 15 is 0 Å². The third kappa shape index (κ3) is 7.50. The molecule has 234 valence electrons. The highest BCUT2D eigenvalue weighted by atomic mass is 16.5. The van der Waals surface area contributed by atoms with Crippen LogP contribution in [0.1, 0.15) is 21.5 Å². The lowest BCUT2D eigenvalue weighted by Crippen LogP contribution is -2.45. The number of rotatable bonds is 10. The van der Waals surface area contributed by atoms with Gasteiger partial charge in [-0.15, -0.1) is 0 Å². The molecule has 1 atom stereocenters. The number of fused-ring (bicyclic) bond motifs is 1. The predicted molar refractivity (Wildman–Crippen MR) is 176 cm³/mol. The van der Waals surface area contributed by atoms with Gasteiger partial charge in [0, 0.05) is 57.8 Å². The second kappa shape index (κ2) is 13.6. The Bertz CT molecular complexity index is 1700. The number of nitrogens with one attached hydrogen (secondary N) is 1. The van der Waals surface area contributed by atoms with E-state index in [0.29, 0.717) is 29.2 Å². The molecule has 11 heteroatoms. The van der Waals surface area contributed by atoms with Crippen molar-refractivity contribution in [2.45, 2.75) is 12.5 Å². The largest absolute Gasteiger partial charge is 0.465 e. The quantitative estimate of drug-likeness (QED) is 0.257. The maximum Gasteiger partial charge on any atom is 0.337 e. The number of methoxy groups -OCH3 is 1. The van der Waals surface area contributed by atoms with E-state index in [1.54, 1.807) is 43.3 Å². The second-order valence-electron chi connectivity index (χ2n) is 11.3. The molecule has 2 heterocycles. The fourth-order valence-electron chi connectivity index (χ4n) is 5.27.